The van der Waals surface area contributed by atoms with E-state index in [1.165, 1.54) is 6.07 Å². The van der Waals surface area contributed by atoms with Gasteiger partial charge in [0.1, 0.15) is 5.82 Å². The molecule has 2 amide bonds. The lowest BCUT2D eigenvalue weighted by Gasteiger charge is -2.32. The number of rotatable bonds is 4. The number of amides is 2. The lowest BCUT2D eigenvalue weighted by Crippen LogP contribution is -2.41. The molecule has 2 aromatic heterocycles. The number of benzene rings is 1. The van der Waals surface area contributed by atoms with Gasteiger partial charge in [0.05, 0.1) is 0 Å². The Hall–Kier alpha value is -3.29. The summed E-state index contributed by atoms with van der Waals surface area (Å²) < 4.78 is 28.5. The molecule has 4 rings (SSSR count). The van der Waals surface area contributed by atoms with Gasteiger partial charge in [-0.15, -0.1) is 0 Å². The Labute approximate surface area is 167 Å². The summed E-state index contributed by atoms with van der Waals surface area (Å²) in [6.07, 6.45) is 8.90. The zero-order valence-corrected chi connectivity index (χ0v) is 15.8. The van der Waals surface area contributed by atoms with Crippen molar-refractivity contribution in [2.75, 3.05) is 18.4 Å². The number of aromatic nitrogens is 3. The molecule has 8 heteroatoms. The highest BCUT2D eigenvalue weighted by Gasteiger charge is 2.26. The molecule has 6 nitrogen and oxygen atoms in total. The maximum Gasteiger partial charge on any atom is 0.321 e. The van der Waals surface area contributed by atoms with Crippen LogP contribution in [0.2, 0.25) is 0 Å². The van der Waals surface area contributed by atoms with E-state index in [0.29, 0.717) is 13.1 Å². The Morgan fingerprint density at radius 3 is 2.55 bits per heavy atom. The minimum absolute atomic E-state index is 0.240. The Balaban J connectivity index is 1.35. The van der Waals surface area contributed by atoms with Gasteiger partial charge >= 0.3 is 6.03 Å². The van der Waals surface area contributed by atoms with Crippen LogP contribution in [-0.2, 0) is 6.54 Å². The van der Waals surface area contributed by atoms with Gasteiger partial charge in [-0.2, -0.15) is 0 Å². The molecule has 0 unspecified atom stereocenters. The van der Waals surface area contributed by atoms with Gasteiger partial charge in [0, 0.05) is 62.1 Å². The van der Waals surface area contributed by atoms with Crippen LogP contribution in [0.1, 0.15) is 30.1 Å². The second kappa shape index (κ2) is 8.38. The zero-order valence-electron chi connectivity index (χ0n) is 15.8. The van der Waals surface area contributed by atoms with Crippen molar-refractivity contribution in [3.05, 3.63) is 78.1 Å². The lowest BCUT2D eigenvalue weighted by atomic mass is 9.96. The van der Waals surface area contributed by atoms with E-state index in [1.807, 2.05) is 18.3 Å². The molecule has 1 aliphatic heterocycles. The van der Waals surface area contributed by atoms with Crippen LogP contribution >= 0.6 is 0 Å². The second-order valence-electron chi connectivity index (χ2n) is 7.09. The molecule has 0 aliphatic carbocycles. The van der Waals surface area contributed by atoms with Gasteiger partial charge in [0.2, 0.25) is 0 Å². The molecule has 150 valence electrons. The fraction of sp³-hybridized carbons (Fsp3) is 0.286. The number of nitrogens with zero attached hydrogens (tertiary/aromatic N) is 4. The van der Waals surface area contributed by atoms with E-state index in [-0.39, 0.29) is 17.6 Å². The molecule has 29 heavy (non-hydrogen) atoms. The highest BCUT2D eigenvalue weighted by Crippen LogP contribution is 2.28. The number of imidazole rings is 1. The van der Waals surface area contributed by atoms with Crippen molar-refractivity contribution < 1.29 is 13.6 Å². The molecule has 0 saturated carbocycles. The van der Waals surface area contributed by atoms with E-state index in [0.717, 1.165) is 42.9 Å². The van der Waals surface area contributed by atoms with E-state index < -0.39 is 11.6 Å². The normalized spacial score (nSPS) is 14.8. The highest BCUT2D eigenvalue weighted by molar-refractivity contribution is 5.89. The molecular weight excluding hydrogens is 376 g/mol. The predicted molar refractivity (Wildman–Crippen MR) is 104 cm³/mol. The van der Waals surface area contributed by atoms with E-state index >= 15 is 0 Å². The molecule has 3 heterocycles. The minimum Gasteiger partial charge on any atom is -0.330 e. The molecule has 0 bridgehead atoms. The Morgan fingerprint density at radius 2 is 1.83 bits per heavy atom. The van der Waals surface area contributed by atoms with E-state index in [2.05, 4.69) is 19.9 Å². The maximum atomic E-state index is 13.3. The van der Waals surface area contributed by atoms with Gasteiger partial charge in [-0.25, -0.2) is 18.6 Å². The summed E-state index contributed by atoms with van der Waals surface area (Å²) in [6, 6.07) is 6.98. The van der Waals surface area contributed by atoms with Crippen molar-refractivity contribution in [1.82, 2.24) is 19.4 Å². The summed E-state index contributed by atoms with van der Waals surface area (Å²) in [5.41, 5.74) is 1.39. The molecule has 0 radical (unpaired) electrons. The first-order chi connectivity index (χ1) is 14.1. The third kappa shape index (κ3) is 4.42. The van der Waals surface area contributed by atoms with E-state index in [4.69, 9.17) is 0 Å². The molecule has 0 atom stereocenters. The minimum atomic E-state index is -0.984. The van der Waals surface area contributed by atoms with Crippen molar-refractivity contribution in [2.45, 2.75) is 25.3 Å². The van der Waals surface area contributed by atoms with Crippen LogP contribution in [0, 0.1) is 11.6 Å². The number of carbonyl (C=O) groups is 1. The lowest BCUT2D eigenvalue weighted by molar-refractivity contribution is 0.193. The molecular formula is C21H21F2N5O. The third-order valence-electron chi connectivity index (χ3n) is 5.17. The second-order valence-corrected chi connectivity index (χ2v) is 7.09. The fourth-order valence-electron chi connectivity index (χ4n) is 3.62. The number of anilines is 1. The first-order valence-corrected chi connectivity index (χ1v) is 9.51. The van der Waals surface area contributed by atoms with Gasteiger partial charge in [-0.05, 0) is 42.7 Å². The first kappa shape index (κ1) is 19.0. The topological polar surface area (TPSA) is 63.1 Å². The Bertz CT molecular complexity index is 984. The average Bonchev–Trinajstić information content (AvgIpc) is 3.19. The molecule has 1 aromatic carbocycles. The van der Waals surface area contributed by atoms with Crippen LogP contribution in [0.15, 0.2) is 55.1 Å². The predicted octanol–water partition coefficient (Wildman–Crippen LogP) is 4.02. The SMILES string of the molecule is O=C(Nc1ccc(F)c(F)c1)N1CCC(c2nccn2Cc2ccncc2)CC1. The van der Waals surface area contributed by atoms with Gasteiger partial charge in [-0.1, -0.05) is 0 Å². The van der Waals surface area contributed by atoms with Crippen molar-refractivity contribution in [3.8, 4) is 0 Å². The summed E-state index contributed by atoms with van der Waals surface area (Å²) in [4.78, 5) is 22.7. The number of hydrogen-bond donors (Lipinski definition) is 1. The number of likely N-dealkylation sites (tertiary alicyclic amines) is 1. The monoisotopic (exact) mass is 397 g/mol. The van der Waals surface area contributed by atoms with Gasteiger partial charge in [-0.3, -0.25) is 4.98 Å². The Morgan fingerprint density at radius 1 is 1.07 bits per heavy atom. The van der Waals surface area contributed by atoms with Crippen LogP contribution in [0.5, 0.6) is 0 Å². The van der Waals surface area contributed by atoms with E-state index in [1.54, 1.807) is 23.5 Å². The van der Waals surface area contributed by atoms with Gasteiger partial charge in [0.15, 0.2) is 11.6 Å². The quantitative estimate of drug-likeness (QED) is 0.723. The summed E-state index contributed by atoms with van der Waals surface area (Å²) in [5.74, 6) is -0.643. The standard InChI is InChI=1S/C21H21F2N5O/c22-18-2-1-17(13-19(18)23)26-21(29)27-10-5-16(6-11-27)20-25-9-12-28(20)14-15-3-7-24-8-4-15/h1-4,7-9,12-13,16H,5-6,10-11,14H2,(H,26,29). The number of pyridine rings is 1. The highest BCUT2D eigenvalue weighted by atomic mass is 19.2. The van der Waals surface area contributed by atoms with E-state index in [9.17, 15) is 13.6 Å². The number of urea groups is 1. The van der Waals surface area contributed by atoms with Crippen molar-refractivity contribution in [2.24, 2.45) is 0 Å². The first-order valence-electron chi connectivity index (χ1n) is 9.51. The average molecular weight is 397 g/mol. The summed E-state index contributed by atoms with van der Waals surface area (Å²) in [5, 5.41) is 2.63. The smallest absolute Gasteiger partial charge is 0.321 e. The van der Waals surface area contributed by atoms with Crippen molar-refractivity contribution >= 4 is 11.7 Å². The molecule has 1 aliphatic rings. The van der Waals surface area contributed by atoms with Crippen LogP contribution in [0.4, 0.5) is 19.3 Å². The molecule has 1 fully saturated rings. The third-order valence-corrected chi connectivity index (χ3v) is 5.17. The number of piperidine rings is 1. The Kier molecular flexibility index (Phi) is 5.50. The molecule has 1 saturated heterocycles. The van der Waals surface area contributed by atoms with Crippen molar-refractivity contribution in [1.29, 1.82) is 0 Å². The van der Waals surface area contributed by atoms with Crippen LogP contribution in [0.25, 0.3) is 0 Å². The van der Waals surface area contributed by atoms with Crippen LogP contribution < -0.4 is 5.32 Å². The summed E-state index contributed by atoms with van der Waals surface area (Å²) in [6.45, 7) is 1.87. The number of nitrogens with one attached hydrogen (secondary N) is 1. The van der Waals surface area contributed by atoms with Gasteiger partial charge < -0.3 is 14.8 Å². The largest absolute Gasteiger partial charge is 0.330 e. The molecule has 0 spiro atoms. The summed E-state index contributed by atoms with van der Waals surface area (Å²) >= 11 is 0. The fourth-order valence-corrected chi connectivity index (χ4v) is 3.62. The van der Waals surface area contributed by atoms with Gasteiger partial charge in [0.25, 0.3) is 0 Å². The van der Waals surface area contributed by atoms with Crippen LogP contribution in [0.3, 0.4) is 0 Å². The molecule has 1 N–H and O–H groups in total. The number of carbonyl (C=O) groups excluding carboxylic acids is 1. The number of halogens is 2. The maximum absolute atomic E-state index is 13.3. The summed E-state index contributed by atoms with van der Waals surface area (Å²) in [7, 11) is 0. The zero-order chi connectivity index (χ0) is 20.2. The van der Waals surface area contributed by atoms with Crippen LogP contribution in [-0.4, -0.2) is 38.6 Å². The number of hydrogen-bond acceptors (Lipinski definition) is 3. The molecule has 3 aromatic rings. The van der Waals surface area contributed by atoms with Crippen molar-refractivity contribution in [3.63, 3.8) is 0 Å².